The highest BCUT2D eigenvalue weighted by atomic mass is 16.5. The van der Waals surface area contributed by atoms with Gasteiger partial charge >= 0.3 is 12.5 Å². The molecular formula is C10H9N2O3+. The fraction of sp³-hybridized carbons (Fsp3) is 0.200. The predicted molar refractivity (Wildman–Crippen MR) is 52.0 cm³/mol. The van der Waals surface area contributed by atoms with Crippen molar-refractivity contribution in [2.45, 2.75) is 6.92 Å². The molecule has 0 atom stereocenters. The molecule has 0 aromatic heterocycles. The van der Waals surface area contributed by atoms with E-state index < -0.39 is 5.97 Å². The van der Waals surface area contributed by atoms with E-state index in [-0.39, 0.29) is 12.3 Å². The second-order valence-corrected chi connectivity index (χ2v) is 2.84. The molecule has 15 heavy (non-hydrogen) atoms. The number of nitrogens with zero attached hydrogens (tertiary/aromatic N) is 2. The van der Waals surface area contributed by atoms with Crippen LogP contribution in [0.5, 0.6) is 5.75 Å². The molecule has 0 bridgehead atoms. The number of ether oxygens (including phenoxy) is 1. The minimum absolute atomic E-state index is 0.271. The molecule has 76 valence electrons. The lowest BCUT2D eigenvalue weighted by molar-refractivity contribution is -0.131. The van der Waals surface area contributed by atoms with Crippen LogP contribution in [-0.2, 0) is 4.79 Å². The molecule has 0 unspecified atom stereocenters. The Morgan fingerprint density at radius 2 is 1.93 bits per heavy atom. The fourth-order valence-corrected chi connectivity index (χ4v) is 1.03. The van der Waals surface area contributed by atoms with Crippen molar-refractivity contribution in [3.8, 4) is 5.75 Å². The fourth-order valence-electron chi connectivity index (χ4n) is 1.03. The van der Waals surface area contributed by atoms with Crippen LogP contribution in [0.4, 0.5) is 0 Å². The van der Waals surface area contributed by atoms with E-state index in [0.717, 1.165) is 0 Å². The first-order valence-corrected chi connectivity index (χ1v) is 4.26. The Morgan fingerprint density at radius 1 is 1.33 bits per heavy atom. The van der Waals surface area contributed by atoms with Gasteiger partial charge in [-0.15, -0.1) is 0 Å². The van der Waals surface area contributed by atoms with Crippen molar-refractivity contribution in [2.24, 2.45) is 0 Å². The second kappa shape index (κ2) is 4.86. The summed E-state index contributed by atoms with van der Waals surface area (Å²) in [5.74, 6) is -0.341. The van der Waals surface area contributed by atoms with Crippen molar-refractivity contribution < 1.29 is 14.3 Å². The van der Waals surface area contributed by atoms with E-state index in [1.165, 1.54) is 31.2 Å². The summed E-state index contributed by atoms with van der Waals surface area (Å²) < 4.78 is 4.79. The predicted octanol–water partition coefficient (Wildman–Crippen LogP) is 1.65. The first-order chi connectivity index (χ1) is 7.13. The van der Waals surface area contributed by atoms with Crippen LogP contribution >= 0.6 is 0 Å². The summed E-state index contributed by atoms with van der Waals surface area (Å²) in [7, 11) is 0. The number of hydrogen-bond acceptors (Lipinski definition) is 4. The molecular weight excluding hydrogens is 196 g/mol. The molecule has 5 nitrogen and oxygen atoms in total. The summed E-state index contributed by atoms with van der Waals surface area (Å²) in [6.45, 7) is 1.02. The first kappa shape index (κ1) is 10.9. The van der Waals surface area contributed by atoms with Crippen LogP contribution in [0.2, 0.25) is 0 Å². The van der Waals surface area contributed by atoms with Gasteiger partial charge in [0, 0.05) is 12.5 Å². The molecule has 0 N–H and O–H groups in total. The highest BCUT2D eigenvalue weighted by Crippen LogP contribution is 2.12. The van der Waals surface area contributed by atoms with E-state index in [2.05, 4.69) is 4.98 Å². The van der Waals surface area contributed by atoms with E-state index in [1.807, 2.05) is 0 Å². The van der Waals surface area contributed by atoms with Gasteiger partial charge in [0.15, 0.2) is 0 Å². The molecule has 0 spiro atoms. The maximum absolute atomic E-state index is 11.2. The molecule has 0 aliphatic rings. The topological polar surface area (TPSA) is 71.5 Å². The SMILES string of the molecule is CC(=O)Oc1ccc(C(=O)C[N+]#N)cc1. The van der Waals surface area contributed by atoms with E-state index in [9.17, 15) is 9.59 Å². The largest absolute Gasteiger partial charge is 0.427 e. The van der Waals surface area contributed by atoms with Gasteiger partial charge in [-0.05, 0) is 24.3 Å². The molecule has 1 rings (SSSR count). The van der Waals surface area contributed by atoms with Gasteiger partial charge in [-0.2, -0.15) is 0 Å². The number of esters is 1. The number of ketones is 1. The lowest BCUT2D eigenvalue weighted by Gasteiger charge is -2.00. The standard InChI is InChI=1S/C10H9N2O3/c1-7(13)15-9-4-2-8(3-5-9)10(14)6-12-11/h2-5H,6H2,1H3/q+1. The quantitative estimate of drug-likeness (QED) is 0.325. The van der Waals surface area contributed by atoms with Gasteiger partial charge in [0.25, 0.3) is 0 Å². The molecule has 0 saturated heterocycles. The van der Waals surface area contributed by atoms with Crippen LogP contribution < -0.4 is 4.74 Å². The zero-order valence-corrected chi connectivity index (χ0v) is 8.14. The Labute approximate surface area is 86.3 Å². The third-order valence-corrected chi connectivity index (χ3v) is 1.65. The Bertz CT molecular complexity index is 417. The second-order valence-electron chi connectivity index (χ2n) is 2.84. The number of benzene rings is 1. The Morgan fingerprint density at radius 3 is 2.40 bits per heavy atom. The third-order valence-electron chi connectivity index (χ3n) is 1.65. The minimum atomic E-state index is -0.417. The molecule has 0 fully saturated rings. The molecule has 1 aromatic carbocycles. The van der Waals surface area contributed by atoms with Crippen LogP contribution in [0.3, 0.4) is 0 Å². The first-order valence-electron chi connectivity index (χ1n) is 4.26. The number of rotatable bonds is 3. The number of hydrogen-bond donors (Lipinski definition) is 0. The zero-order chi connectivity index (χ0) is 11.3. The van der Waals surface area contributed by atoms with Gasteiger partial charge in [0.1, 0.15) is 10.7 Å². The molecule has 5 heteroatoms. The maximum atomic E-state index is 11.2. The summed E-state index contributed by atoms with van der Waals surface area (Å²) in [4.78, 5) is 24.6. The Kier molecular flexibility index (Phi) is 3.52. The van der Waals surface area contributed by atoms with E-state index in [4.69, 9.17) is 10.1 Å². The van der Waals surface area contributed by atoms with Crippen molar-refractivity contribution >= 4 is 11.8 Å². The van der Waals surface area contributed by atoms with Crippen LogP contribution in [0.15, 0.2) is 24.3 Å². The van der Waals surface area contributed by atoms with Crippen molar-refractivity contribution in [1.82, 2.24) is 0 Å². The van der Waals surface area contributed by atoms with Crippen LogP contribution in [0, 0.1) is 5.39 Å². The summed E-state index contributed by atoms with van der Waals surface area (Å²) in [5, 5.41) is 8.21. The zero-order valence-electron chi connectivity index (χ0n) is 8.14. The molecule has 0 saturated carbocycles. The number of Topliss-reactive ketones (excluding diaryl/α,β-unsaturated/α-hetero) is 1. The number of diazo groups is 1. The molecule has 0 amide bonds. The average Bonchev–Trinajstić information content (AvgIpc) is 2.18. The number of carbonyl (C=O) groups is 2. The van der Waals surface area contributed by atoms with E-state index in [1.54, 1.807) is 0 Å². The average molecular weight is 205 g/mol. The highest BCUT2D eigenvalue weighted by molar-refractivity contribution is 5.98. The van der Waals surface area contributed by atoms with Gasteiger partial charge in [-0.3, -0.25) is 9.59 Å². The van der Waals surface area contributed by atoms with Gasteiger partial charge in [-0.25, -0.2) is 0 Å². The van der Waals surface area contributed by atoms with Gasteiger partial charge < -0.3 is 4.74 Å². The van der Waals surface area contributed by atoms with Crippen LogP contribution in [0.25, 0.3) is 4.98 Å². The highest BCUT2D eigenvalue weighted by Gasteiger charge is 2.12. The maximum Gasteiger partial charge on any atom is 0.367 e. The smallest absolute Gasteiger partial charge is 0.367 e. The summed E-state index contributed by atoms with van der Waals surface area (Å²) >= 11 is 0. The van der Waals surface area contributed by atoms with Crippen LogP contribution in [0.1, 0.15) is 17.3 Å². The molecule has 0 radical (unpaired) electrons. The van der Waals surface area contributed by atoms with Gasteiger partial charge in [0.2, 0.25) is 11.2 Å². The Hall–Kier alpha value is -2.22. The van der Waals surface area contributed by atoms with Gasteiger partial charge in [-0.1, -0.05) is 0 Å². The lowest BCUT2D eigenvalue weighted by Crippen LogP contribution is -2.03. The van der Waals surface area contributed by atoms with Crippen molar-refractivity contribution in [2.75, 3.05) is 6.54 Å². The van der Waals surface area contributed by atoms with Crippen molar-refractivity contribution in [1.29, 1.82) is 5.39 Å². The normalized spacial score (nSPS) is 9.07. The minimum Gasteiger partial charge on any atom is -0.427 e. The summed E-state index contributed by atoms with van der Waals surface area (Å²) in [6, 6.07) is 6.02. The molecule has 0 aliphatic heterocycles. The lowest BCUT2D eigenvalue weighted by atomic mass is 10.1. The third kappa shape index (κ3) is 3.19. The van der Waals surface area contributed by atoms with Gasteiger partial charge in [0.05, 0.1) is 0 Å². The van der Waals surface area contributed by atoms with Crippen molar-refractivity contribution in [3.05, 3.63) is 34.8 Å². The number of carbonyl (C=O) groups excluding carboxylic acids is 2. The van der Waals surface area contributed by atoms with E-state index >= 15 is 0 Å². The van der Waals surface area contributed by atoms with E-state index in [0.29, 0.717) is 11.3 Å². The van der Waals surface area contributed by atoms with Crippen molar-refractivity contribution in [3.63, 3.8) is 0 Å². The summed E-state index contributed by atoms with van der Waals surface area (Å²) in [6.07, 6.45) is 0. The van der Waals surface area contributed by atoms with Crippen LogP contribution in [-0.4, -0.2) is 18.3 Å². The monoisotopic (exact) mass is 205 g/mol. The Balaban J connectivity index is 2.77. The molecule has 1 aromatic rings. The summed E-state index contributed by atoms with van der Waals surface area (Å²) in [5.41, 5.74) is 0.406. The molecule has 0 aliphatic carbocycles. The molecule has 0 heterocycles.